The average molecular weight is 332 g/mol. The molecule has 0 unspecified atom stereocenters. The number of ether oxygens (including phenoxy) is 2. The molecule has 1 fully saturated rings. The van der Waals surface area contributed by atoms with E-state index in [0.717, 1.165) is 18.4 Å². The number of carbonyl (C=O) groups is 2. The summed E-state index contributed by atoms with van der Waals surface area (Å²) in [5.74, 6) is 1.15. The molecule has 0 atom stereocenters. The first-order valence-electron chi connectivity index (χ1n) is 8.00. The van der Waals surface area contributed by atoms with Gasteiger partial charge in [-0.05, 0) is 25.0 Å². The molecule has 0 saturated carbocycles. The molecule has 24 heavy (non-hydrogen) atoms. The summed E-state index contributed by atoms with van der Waals surface area (Å²) in [5.41, 5.74) is 0.776. The third-order valence-corrected chi connectivity index (χ3v) is 4.13. The molecule has 1 aromatic carbocycles. The first-order chi connectivity index (χ1) is 11.5. The predicted octanol–water partition coefficient (Wildman–Crippen LogP) is 1.84. The van der Waals surface area contributed by atoms with Crippen LogP contribution in [0.25, 0.3) is 6.08 Å². The molecule has 0 spiro atoms. The number of benzene rings is 1. The van der Waals surface area contributed by atoms with Crippen LogP contribution in [0.3, 0.4) is 0 Å². The van der Waals surface area contributed by atoms with Gasteiger partial charge in [0.1, 0.15) is 0 Å². The van der Waals surface area contributed by atoms with Crippen LogP contribution in [0.5, 0.6) is 11.5 Å². The zero-order chi connectivity index (χ0) is 17.5. The second-order valence-corrected chi connectivity index (χ2v) is 5.71. The lowest BCUT2D eigenvalue weighted by molar-refractivity contribution is -0.129. The van der Waals surface area contributed by atoms with Crippen molar-refractivity contribution < 1.29 is 19.1 Å². The Balaban J connectivity index is 1.93. The Hall–Kier alpha value is -2.50. The minimum absolute atomic E-state index is 0.0878. The quantitative estimate of drug-likeness (QED) is 0.836. The zero-order valence-corrected chi connectivity index (χ0v) is 14.4. The number of methoxy groups -OCH3 is 2. The number of carbonyl (C=O) groups excluding carboxylic acids is 2. The Morgan fingerprint density at radius 3 is 2.50 bits per heavy atom. The summed E-state index contributed by atoms with van der Waals surface area (Å²) in [4.78, 5) is 25.2. The lowest BCUT2D eigenvalue weighted by Crippen LogP contribution is -2.45. The van der Waals surface area contributed by atoms with Gasteiger partial charge in [-0.3, -0.25) is 9.59 Å². The van der Waals surface area contributed by atoms with Crippen LogP contribution < -0.4 is 14.8 Å². The van der Waals surface area contributed by atoms with Crippen molar-refractivity contribution in [2.75, 3.05) is 27.3 Å². The maximum atomic E-state index is 12.1. The highest BCUT2D eigenvalue weighted by molar-refractivity contribution is 5.92. The number of rotatable bonds is 5. The molecule has 6 heteroatoms. The molecule has 1 aromatic rings. The Morgan fingerprint density at radius 1 is 1.21 bits per heavy atom. The van der Waals surface area contributed by atoms with Gasteiger partial charge < -0.3 is 19.7 Å². The average Bonchev–Trinajstić information content (AvgIpc) is 2.59. The molecule has 1 N–H and O–H groups in total. The molecule has 1 saturated heterocycles. The number of hydrogen-bond donors (Lipinski definition) is 1. The summed E-state index contributed by atoms with van der Waals surface area (Å²) in [6.07, 6.45) is 4.76. The standard InChI is InChI=1S/C18H24N2O4/c1-13(21)20-11-9-15(10-12-20)19-17(22)8-7-14-5-4-6-16(23-2)18(14)24-3/h4-8,15H,9-12H2,1-3H3,(H,19,22)/b8-7+. The topological polar surface area (TPSA) is 67.9 Å². The molecule has 130 valence electrons. The molecule has 1 aliphatic rings. The van der Waals surface area contributed by atoms with E-state index < -0.39 is 0 Å². The van der Waals surface area contributed by atoms with Crippen LogP contribution in [0.15, 0.2) is 24.3 Å². The fourth-order valence-electron chi connectivity index (χ4n) is 2.80. The second kappa shape index (κ2) is 8.38. The van der Waals surface area contributed by atoms with Crippen molar-refractivity contribution >= 4 is 17.9 Å². The number of nitrogens with one attached hydrogen (secondary N) is 1. The van der Waals surface area contributed by atoms with Gasteiger partial charge >= 0.3 is 0 Å². The number of piperidine rings is 1. The van der Waals surface area contributed by atoms with E-state index in [4.69, 9.17) is 9.47 Å². The van der Waals surface area contributed by atoms with Crippen molar-refractivity contribution in [2.24, 2.45) is 0 Å². The lowest BCUT2D eigenvalue weighted by atomic mass is 10.0. The summed E-state index contributed by atoms with van der Waals surface area (Å²) in [7, 11) is 3.14. The predicted molar refractivity (Wildman–Crippen MR) is 92.0 cm³/mol. The van der Waals surface area contributed by atoms with E-state index >= 15 is 0 Å². The van der Waals surface area contributed by atoms with Gasteiger partial charge in [-0.1, -0.05) is 12.1 Å². The molecule has 0 bridgehead atoms. The molecule has 2 rings (SSSR count). The van der Waals surface area contributed by atoms with Crippen LogP contribution >= 0.6 is 0 Å². The van der Waals surface area contributed by atoms with Crippen molar-refractivity contribution in [3.8, 4) is 11.5 Å². The number of nitrogens with zero attached hydrogens (tertiary/aromatic N) is 1. The fraction of sp³-hybridized carbons (Fsp3) is 0.444. The van der Waals surface area contributed by atoms with E-state index in [-0.39, 0.29) is 17.9 Å². The highest BCUT2D eigenvalue weighted by atomic mass is 16.5. The summed E-state index contributed by atoms with van der Waals surface area (Å²) in [6, 6.07) is 5.61. The first kappa shape index (κ1) is 17.8. The van der Waals surface area contributed by atoms with Crippen molar-refractivity contribution in [3.63, 3.8) is 0 Å². The molecule has 0 radical (unpaired) electrons. The minimum Gasteiger partial charge on any atom is -0.493 e. The maximum absolute atomic E-state index is 12.1. The van der Waals surface area contributed by atoms with Crippen LogP contribution in [0.1, 0.15) is 25.3 Å². The van der Waals surface area contributed by atoms with Gasteiger partial charge in [-0.15, -0.1) is 0 Å². The fourth-order valence-corrected chi connectivity index (χ4v) is 2.80. The monoisotopic (exact) mass is 332 g/mol. The molecular weight excluding hydrogens is 308 g/mol. The molecule has 1 aliphatic heterocycles. The summed E-state index contributed by atoms with van der Waals surface area (Å²) >= 11 is 0. The van der Waals surface area contributed by atoms with Crippen LogP contribution in [0, 0.1) is 0 Å². The van der Waals surface area contributed by atoms with E-state index in [9.17, 15) is 9.59 Å². The van der Waals surface area contributed by atoms with E-state index in [1.807, 2.05) is 12.1 Å². The van der Waals surface area contributed by atoms with E-state index in [1.165, 1.54) is 6.08 Å². The molecule has 1 heterocycles. The van der Waals surface area contributed by atoms with Crippen LogP contribution in [0.2, 0.25) is 0 Å². The highest BCUT2D eigenvalue weighted by Gasteiger charge is 2.21. The third-order valence-electron chi connectivity index (χ3n) is 4.13. The Bertz CT molecular complexity index is 619. The summed E-state index contributed by atoms with van der Waals surface area (Å²) in [5, 5.41) is 2.98. The third kappa shape index (κ3) is 4.50. The molecule has 6 nitrogen and oxygen atoms in total. The molecule has 0 aromatic heterocycles. The molecule has 2 amide bonds. The zero-order valence-electron chi connectivity index (χ0n) is 14.4. The van der Waals surface area contributed by atoms with Crippen LogP contribution in [-0.2, 0) is 9.59 Å². The van der Waals surface area contributed by atoms with Gasteiger partial charge in [0.25, 0.3) is 0 Å². The number of likely N-dealkylation sites (tertiary alicyclic amines) is 1. The SMILES string of the molecule is COc1cccc(/C=C/C(=O)NC2CCN(C(C)=O)CC2)c1OC. The van der Waals surface area contributed by atoms with Gasteiger partial charge in [0.2, 0.25) is 11.8 Å². The van der Waals surface area contributed by atoms with Gasteiger partial charge in [0.15, 0.2) is 11.5 Å². The van der Waals surface area contributed by atoms with Crippen molar-refractivity contribution in [1.82, 2.24) is 10.2 Å². The number of hydrogen-bond acceptors (Lipinski definition) is 4. The van der Waals surface area contributed by atoms with Gasteiger partial charge in [0.05, 0.1) is 14.2 Å². The number of para-hydroxylation sites is 1. The number of amides is 2. The minimum atomic E-state index is -0.152. The van der Waals surface area contributed by atoms with Crippen molar-refractivity contribution in [1.29, 1.82) is 0 Å². The first-order valence-corrected chi connectivity index (χ1v) is 8.00. The lowest BCUT2D eigenvalue weighted by Gasteiger charge is -2.31. The van der Waals surface area contributed by atoms with E-state index in [2.05, 4.69) is 5.32 Å². The van der Waals surface area contributed by atoms with Gasteiger partial charge in [0, 0.05) is 37.7 Å². The highest BCUT2D eigenvalue weighted by Crippen LogP contribution is 2.31. The Morgan fingerprint density at radius 2 is 1.92 bits per heavy atom. The maximum Gasteiger partial charge on any atom is 0.244 e. The summed E-state index contributed by atoms with van der Waals surface area (Å²) in [6.45, 7) is 2.95. The van der Waals surface area contributed by atoms with Crippen LogP contribution in [0.4, 0.5) is 0 Å². The normalized spacial score (nSPS) is 15.4. The van der Waals surface area contributed by atoms with E-state index in [0.29, 0.717) is 24.6 Å². The smallest absolute Gasteiger partial charge is 0.244 e. The van der Waals surface area contributed by atoms with E-state index in [1.54, 1.807) is 38.2 Å². The summed E-state index contributed by atoms with van der Waals surface area (Å²) < 4.78 is 10.6. The second-order valence-electron chi connectivity index (χ2n) is 5.71. The molecule has 0 aliphatic carbocycles. The Kier molecular flexibility index (Phi) is 6.23. The molecular formula is C18H24N2O4. The Labute approximate surface area is 142 Å². The van der Waals surface area contributed by atoms with Crippen molar-refractivity contribution in [2.45, 2.75) is 25.8 Å². The van der Waals surface area contributed by atoms with Gasteiger partial charge in [-0.25, -0.2) is 0 Å². The van der Waals surface area contributed by atoms with Crippen LogP contribution in [-0.4, -0.2) is 50.1 Å². The largest absolute Gasteiger partial charge is 0.493 e. The van der Waals surface area contributed by atoms with Crippen molar-refractivity contribution in [3.05, 3.63) is 29.8 Å². The van der Waals surface area contributed by atoms with Gasteiger partial charge in [-0.2, -0.15) is 0 Å².